The average Bonchev–Trinajstić information content (AvgIpc) is 2.59. The lowest BCUT2D eigenvalue weighted by atomic mass is 10.0. The van der Waals surface area contributed by atoms with E-state index < -0.39 is 0 Å². The van der Waals surface area contributed by atoms with Gasteiger partial charge >= 0.3 is 0 Å². The van der Waals surface area contributed by atoms with E-state index in [1.807, 2.05) is 19.9 Å². The van der Waals surface area contributed by atoms with Crippen molar-refractivity contribution in [1.82, 2.24) is 15.2 Å². The second-order valence-electron chi connectivity index (χ2n) is 6.75. The molecule has 0 spiro atoms. The van der Waals surface area contributed by atoms with Crippen molar-refractivity contribution in [3.63, 3.8) is 0 Å². The predicted octanol–water partition coefficient (Wildman–Crippen LogP) is 2.79. The Morgan fingerprint density at radius 3 is 2.57 bits per heavy atom. The number of hydrogen-bond donors (Lipinski definition) is 1. The van der Waals surface area contributed by atoms with E-state index in [0.29, 0.717) is 11.6 Å². The Balaban J connectivity index is 1.49. The monoisotopic (exact) mass is 333 g/mol. The minimum Gasteiger partial charge on any atom is -0.349 e. The van der Waals surface area contributed by atoms with E-state index in [2.05, 4.69) is 27.0 Å². The van der Waals surface area contributed by atoms with Gasteiger partial charge in [-0.3, -0.25) is 9.78 Å². The van der Waals surface area contributed by atoms with Crippen molar-refractivity contribution in [1.29, 1.82) is 0 Å². The predicted molar refractivity (Wildman–Crippen MR) is 96.1 cm³/mol. The van der Waals surface area contributed by atoms with Crippen LogP contribution >= 0.6 is 11.8 Å². The molecule has 3 heterocycles. The summed E-state index contributed by atoms with van der Waals surface area (Å²) in [5.41, 5.74) is 2.74. The lowest BCUT2D eigenvalue weighted by Gasteiger charge is -2.39. The first kappa shape index (κ1) is 16.8. The smallest absolute Gasteiger partial charge is 0.253 e. The van der Waals surface area contributed by atoms with Gasteiger partial charge in [0.2, 0.25) is 0 Å². The molecule has 23 heavy (non-hydrogen) atoms. The minimum absolute atomic E-state index is 0.0214. The molecule has 126 valence electrons. The highest BCUT2D eigenvalue weighted by Crippen LogP contribution is 2.24. The number of hydrogen-bond acceptors (Lipinski definition) is 4. The Hall–Kier alpha value is -1.07. The van der Waals surface area contributed by atoms with Crippen LogP contribution < -0.4 is 5.32 Å². The summed E-state index contributed by atoms with van der Waals surface area (Å²) >= 11 is 2.08. The second kappa shape index (κ2) is 7.67. The van der Waals surface area contributed by atoms with Crippen molar-refractivity contribution in [3.8, 4) is 0 Å². The molecule has 2 aliphatic rings. The highest BCUT2D eigenvalue weighted by atomic mass is 32.2. The minimum atomic E-state index is 0.0214. The topological polar surface area (TPSA) is 45.2 Å². The highest BCUT2D eigenvalue weighted by Gasteiger charge is 2.27. The molecule has 2 saturated heterocycles. The Bertz CT molecular complexity index is 549. The van der Waals surface area contributed by atoms with Gasteiger partial charge in [0, 0.05) is 37.1 Å². The Kier molecular flexibility index (Phi) is 5.59. The normalized spacial score (nSPS) is 21.3. The molecule has 0 saturated carbocycles. The molecule has 1 amide bonds. The maximum absolute atomic E-state index is 12.4. The number of aryl methyl sites for hydroxylation is 2. The molecule has 0 atom stereocenters. The fraction of sp³-hybridized carbons (Fsp3) is 0.667. The summed E-state index contributed by atoms with van der Waals surface area (Å²) in [5.74, 6) is 2.63. The van der Waals surface area contributed by atoms with Crippen LogP contribution in [0.3, 0.4) is 0 Å². The van der Waals surface area contributed by atoms with Crippen LogP contribution in [0.15, 0.2) is 12.3 Å². The zero-order chi connectivity index (χ0) is 16.2. The van der Waals surface area contributed by atoms with E-state index in [4.69, 9.17) is 0 Å². The second-order valence-corrected chi connectivity index (χ2v) is 7.98. The number of nitrogens with one attached hydrogen (secondary N) is 1. The molecule has 2 aliphatic heterocycles. The molecule has 5 heteroatoms. The number of rotatable bonds is 3. The van der Waals surface area contributed by atoms with Gasteiger partial charge < -0.3 is 10.2 Å². The molecule has 1 aromatic rings. The number of thioether (sulfide) groups is 1. The van der Waals surface area contributed by atoms with Crippen LogP contribution in [-0.2, 0) is 0 Å². The van der Waals surface area contributed by atoms with Gasteiger partial charge in [-0.15, -0.1) is 0 Å². The third-order valence-electron chi connectivity index (χ3n) is 5.17. The maximum Gasteiger partial charge on any atom is 0.253 e. The van der Waals surface area contributed by atoms with Crippen LogP contribution in [-0.4, -0.2) is 52.5 Å². The Morgan fingerprint density at radius 1 is 1.22 bits per heavy atom. The van der Waals surface area contributed by atoms with E-state index in [-0.39, 0.29) is 5.91 Å². The number of likely N-dealkylation sites (tertiary alicyclic amines) is 1. The van der Waals surface area contributed by atoms with Crippen molar-refractivity contribution in [2.75, 3.05) is 24.6 Å². The molecule has 2 fully saturated rings. The summed E-state index contributed by atoms with van der Waals surface area (Å²) in [6.45, 7) is 6.20. The van der Waals surface area contributed by atoms with Gasteiger partial charge in [-0.05, 0) is 62.7 Å². The molecule has 0 aromatic carbocycles. The zero-order valence-electron chi connectivity index (χ0n) is 14.2. The molecule has 1 N–H and O–H groups in total. The molecular weight excluding hydrogens is 306 g/mol. The first-order valence-electron chi connectivity index (χ1n) is 8.69. The number of pyridine rings is 1. The number of aromatic nitrogens is 1. The van der Waals surface area contributed by atoms with E-state index in [1.54, 1.807) is 6.20 Å². The van der Waals surface area contributed by atoms with Gasteiger partial charge in [0.1, 0.15) is 0 Å². The molecule has 0 radical (unpaired) electrons. The summed E-state index contributed by atoms with van der Waals surface area (Å²) in [6.07, 6.45) is 6.47. The van der Waals surface area contributed by atoms with Crippen LogP contribution in [0.25, 0.3) is 0 Å². The van der Waals surface area contributed by atoms with Crippen molar-refractivity contribution in [2.24, 2.45) is 0 Å². The van der Waals surface area contributed by atoms with Crippen LogP contribution in [0.1, 0.15) is 47.3 Å². The van der Waals surface area contributed by atoms with E-state index >= 15 is 0 Å². The number of carbonyl (C=O) groups excluding carboxylic acids is 1. The van der Waals surface area contributed by atoms with Crippen LogP contribution in [0, 0.1) is 13.8 Å². The van der Waals surface area contributed by atoms with Gasteiger partial charge in [0.15, 0.2) is 0 Å². The lowest BCUT2D eigenvalue weighted by molar-refractivity contribution is 0.0886. The van der Waals surface area contributed by atoms with Crippen molar-refractivity contribution in [3.05, 3.63) is 29.1 Å². The van der Waals surface area contributed by atoms with Crippen molar-refractivity contribution in [2.45, 2.75) is 51.6 Å². The van der Waals surface area contributed by atoms with E-state index in [9.17, 15) is 4.79 Å². The number of piperidine rings is 1. The first-order chi connectivity index (χ1) is 11.1. The van der Waals surface area contributed by atoms with Gasteiger partial charge in [0.05, 0.1) is 5.56 Å². The quantitative estimate of drug-likeness (QED) is 0.924. The molecule has 0 bridgehead atoms. The summed E-state index contributed by atoms with van der Waals surface area (Å²) < 4.78 is 0. The molecule has 4 nitrogen and oxygen atoms in total. The molecular formula is C18H27N3OS. The summed E-state index contributed by atoms with van der Waals surface area (Å²) in [7, 11) is 0. The van der Waals surface area contributed by atoms with Gasteiger partial charge in [-0.1, -0.05) is 0 Å². The molecule has 0 unspecified atom stereocenters. The molecule has 0 aliphatic carbocycles. The van der Waals surface area contributed by atoms with Gasteiger partial charge in [0.25, 0.3) is 5.91 Å². The number of carbonyl (C=O) groups is 1. The number of nitrogens with zero attached hydrogens (tertiary/aromatic N) is 2. The van der Waals surface area contributed by atoms with Crippen LogP contribution in [0.5, 0.6) is 0 Å². The third kappa shape index (κ3) is 4.27. The largest absolute Gasteiger partial charge is 0.349 e. The SMILES string of the molecule is Cc1cc(C(=O)NC2CCN(C3CCSCC3)CC2)cnc1C. The standard InChI is InChI=1S/C18H27N3OS/c1-13-11-15(12-19-14(13)2)18(22)20-16-3-7-21(8-4-16)17-5-9-23-10-6-17/h11-12,16-17H,3-10H2,1-2H3,(H,20,22). The van der Waals surface area contributed by atoms with Crippen LogP contribution in [0.4, 0.5) is 0 Å². The Labute approximate surface area is 143 Å². The molecule has 1 aromatic heterocycles. The van der Waals surface area contributed by atoms with Crippen molar-refractivity contribution >= 4 is 17.7 Å². The fourth-order valence-corrected chi connectivity index (χ4v) is 4.58. The average molecular weight is 334 g/mol. The number of amides is 1. The Morgan fingerprint density at radius 2 is 1.91 bits per heavy atom. The first-order valence-corrected chi connectivity index (χ1v) is 9.85. The summed E-state index contributed by atoms with van der Waals surface area (Å²) in [6, 6.07) is 3.02. The fourth-order valence-electron chi connectivity index (χ4n) is 3.50. The van der Waals surface area contributed by atoms with E-state index in [0.717, 1.165) is 43.2 Å². The van der Waals surface area contributed by atoms with Crippen molar-refractivity contribution < 1.29 is 4.79 Å². The van der Waals surface area contributed by atoms with Gasteiger partial charge in [-0.2, -0.15) is 11.8 Å². The van der Waals surface area contributed by atoms with E-state index in [1.165, 1.54) is 24.3 Å². The zero-order valence-corrected chi connectivity index (χ0v) is 15.0. The maximum atomic E-state index is 12.4. The molecule has 3 rings (SSSR count). The van der Waals surface area contributed by atoms with Gasteiger partial charge in [-0.25, -0.2) is 0 Å². The summed E-state index contributed by atoms with van der Waals surface area (Å²) in [5, 5.41) is 3.20. The lowest BCUT2D eigenvalue weighted by Crippen LogP contribution is -2.48. The highest BCUT2D eigenvalue weighted by molar-refractivity contribution is 7.99. The van der Waals surface area contributed by atoms with Crippen LogP contribution in [0.2, 0.25) is 0 Å². The third-order valence-corrected chi connectivity index (χ3v) is 6.22. The summed E-state index contributed by atoms with van der Waals surface area (Å²) in [4.78, 5) is 19.3.